The maximum absolute atomic E-state index is 11.7. The molecule has 1 heterocycles. The summed E-state index contributed by atoms with van der Waals surface area (Å²) in [5.74, 6) is 0.693. The first-order valence-corrected chi connectivity index (χ1v) is 9.92. The fraction of sp³-hybridized carbons (Fsp3) is 0.600. The summed E-state index contributed by atoms with van der Waals surface area (Å²) in [4.78, 5) is 16.0. The predicted octanol–water partition coefficient (Wildman–Crippen LogP) is 1.01. The summed E-state index contributed by atoms with van der Waals surface area (Å²) in [7, 11) is -2.98. The maximum atomic E-state index is 11.7. The van der Waals surface area contributed by atoms with Crippen LogP contribution in [0.2, 0.25) is 0 Å². The quantitative estimate of drug-likeness (QED) is 0.208. The Morgan fingerprint density at radius 3 is 2.64 bits per heavy atom. The molecule has 1 aromatic heterocycles. The van der Waals surface area contributed by atoms with Gasteiger partial charge in [-0.05, 0) is 32.4 Å². The number of amides is 1. The number of guanidine groups is 1. The zero-order chi connectivity index (χ0) is 18.0. The number of nitrogens with one attached hydrogen (secondary N) is 3. The number of hydrogen-bond donors (Lipinski definition) is 3. The van der Waals surface area contributed by atoms with E-state index in [1.165, 1.54) is 12.5 Å². The molecule has 25 heavy (non-hydrogen) atoms. The summed E-state index contributed by atoms with van der Waals surface area (Å²) in [5.41, 5.74) is 0. The van der Waals surface area contributed by atoms with Crippen molar-refractivity contribution in [1.82, 2.24) is 16.0 Å². The number of carbonyl (C=O) groups excluding carboxylic acids is 1. The van der Waals surface area contributed by atoms with Crippen LogP contribution in [0, 0.1) is 0 Å². The van der Waals surface area contributed by atoms with Crippen LogP contribution < -0.4 is 16.0 Å². The molecule has 1 unspecified atom stereocenters. The van der Waals surface area contributed by atoms with Crippen LogP contribution >= 0.6 is 24.0 Å². The van der Waals surface area contributed by atoms with Crippen molar-refractivity contribution in [2.75, 3.05) is 31.6 Å². The molecule has 0 aromatic carbocycles. The van der Waals surface area contributed by atoms with Crippen molar-refractivity contribution >= 4 is 45.7 Å². The van der Waals surface area contributed by atoms with Gasteiger partial charge >= 0.3 is 0 Å². The molecule has 0 spiro atoms. The number of carbonyl (C=O) groups is 1. The van der Waals surface area contributed by atoms with Crippen molar-refractivity contribution in [3.63, 3.8) is 0 Å². The average molecular weight is 486 g/mol. The van der Waals surface area contributed by atoms with Crippen LogP contribution in [0.4, 0.5) is 0 Å². The van der Waals surface area contributed by atoms with Gasteiger partial charge in [-0.2, -0.15) is 0 Å². The van der Waals surface area contributed by atoms with Crippen molar-refractivity contribution in [2.45, 2.75) is 26.3 Å². The highest BCUT2D eigenvalue weighted by molar-refractivity contribution is 14.0. The zero-order valence-corrected chi connectivity index (χ0v) is 17.9. The van der Waals surface area contributed by atoms with E-state index in [0.717, 1.165) is 0 Å². The third kappa shape index (κ3) is 11.0. The largest absolute Gasteiger partial charge is 0.459 e. The number of furan rings is 1. The van der Waals surface area contributed by atoms with Gasteiger partial charge in [0.25, 0.3) is 5.91 Å². The number of hydrogen-bond acceptors (Lipinski definition) is 5. The number of rotatable bonds is 9. The molecule has 0 bridgehead atoms. The van der Waals surface area contributed by atoms with Gasteiger partial charge in [0.15, 0.2) is 11.7 Å². The van der Waals surface area contributed by atoms with Gasteiger partial charge in [0.2, 0.25) is 0 Å². The fourth-order valence-electron chi connectivity index (χ4n) is 1.85. The van der Waals surface area contributed by atoms with E-state index in [0.29, 0.717) is 32.0 Å². The van der Waals surface area contributed by atoms with E-state index in [2.05, 4.69) is 20.9 Å². The lowest BCUT2D eigenvalue weighted by atomic mass is 10.3. The van der Waals surface area contributed by atoms with E-state index in [9.17, 15) is 13.2 Å². The Bertz CT molecular complexity index is 632. The van der Waals surface area contributed by atoms with E-state index < -0.39 is 9.84 Å². The van der Waals surface area contributed by atoms with Crippen molar-refractivity contribution in [3.8, 4) is 0 Å². The normalized spacial score (nSPS) is 12.8. The molecule has 0 aliphatic carbocycles. The molecule has 1 aromatic rings. The van der Waals surface area contributed by atoms with Crippen LogP contribution in [0.1, 0.15) is 30.8 Å². The van der Waals surface area contributed by atoms with Crippen LogP contribution in [0.15, 0.2) is 27.8 Å². The Morgan fingerprint density at radius 1 is 1.36 bits per heavy atom. The molecule has 0 radical (unpaired) electrons. The fourth-order valence-corrected chi connectivity index (χ4v) is 2.63. The predicted molar refractivity (Wildman–Crippen MR) is 109 cm³/mol. The first-order chi connectivity index (χ1) is 11.3. The van der Waals surface area contributed by atoms with E-state index in [4.69, 9.17) is 4.42 Å². The minimum Gasteiger partial charge on any atom is -0.459 e. The average Bonchev–Trinajstić information content (AvgIpc) is 3.03. The number of nitrogens with zero attached hydrogens (tertiary/aromatic N) is 1. The van der Waals surface area contributed by atoms with Gasteiger partial charge in [-0.1, -0.05) is 0 Å². The lowest BCUT2D eigenvalue weighted by Gasteiger charge is -2.17. The SMILES string of the molecule is CCNC(=NCCNC(=O)c1ccco1)NC(C)CCS(C)(=O)=O.I. The lowest BCUT2D eigenvalue weighted by Crippen LogP contribution is -2.43. The molecule has 1 atom stereocenters. The molecule has 1 amide bonds. The highest BCUT2D eigenvalue weighted by atomic mass is 127. The molecule has 0 fully saturated rings. The molecule has 1 rings (SSSR count). The maximum Gasteiger partial charge on any atom is 0.287 e. The van der Waals surface area contributed by atoms with Crippen molar-refractivity contribution in [2.24, 2.45) is 4.99 Å². The topological polar surface area (TPSA) is 113 Å². The summed E-state index contributed by atoms with van der Waals surface area (Å²) < 4.78 is 27.4. The molecule has 0 saturated heterocycles. The Kier molecular flexibility index (Phi) is 11.5. The standard InChI is InChI=1S/C15H26N4O4S.HI/c1-4-16-15(19-12(2)7-11-24(3,21)22)18-9-8-17-14(20)13-6-5-10-23-13;/h5-6,10,12H,4,7-9,11H2,1-3H3,(H,17,20)(H2,16,18,19);1H. The molecule has 3 N–H and O–H groups in total. The van der Waals surface area contributed by atoms with Crippen LogP contribution in [0.5, 0.6) is 0 Å². The first-order valence-electron chi connectivity index (χ1n) is 7.86. The van der Waals surface area contributed by atoms with E-state index in [1.807, 2.05) is 13.8 Å². The van der Waals surface area contributed by atoms with Gasteiger partial charge in [0.1, 0.15) is 9.84 Å². The minimum atomic E-state index is -2.98. The van der Waals surface area contributed by atoms with Crippen LogP contribution in [0.3, 0.4) is 0 Å². The monoisotopic (exact) mass is 486 g/mol. The third-order valence-corrected chi connectivity index (χ3v) is 4.04. The number of halogens is 1. The molecule has 144 valence electrons. The van der Waals surface area contributed by atoms with Crippen molar-refractivity contribution < 1.29 is 17.6 Å². The second kappa shape index (κ2) is 12.1. The summed E-state index contributed by atoms with van der Waals surface area (Å²) in [6, 6.07) is 3.21. The second-order valence-electron chi connectivity index (χ2n) is 5.46. The van der Waals surface area contributed by atoms with E-state index in [-0.39, 0.29) is 47.4 Å². The molecular formula is C15H27IN4O4S. The minimum absolute atomic E-state index is 0. The molecule has 0 saturated carbocycles. The Labute approximate surface area is 166 Å². The summed E-state index contributed by atoms with van der Waals surface area (Å²) in [5, 5.41) is 8.94. The van der Waals surface area contributed by atoms with Crippen LogP contribution in [0.25, 0.3) is 0 Å². The van der Waals surface area contributed by atoms with Gasteiger partial charge in [-0.3, -0.25) is 9.79 Å². The molecule has 0 aliphatic heterocycles. The number of aliphatic imine (C=N–C) groups is 1. The van der Waals surface area contributed by atoms with Gasteiger partial charge in [-0.25, -0.2) is 8.42 Å². The van der Waals surface area contributed by atoms with Crippen LogP contribution in [-0.2, 0) is 9.84 Å². The van der Waals surface area contributed by atoms with Crippen LogP contribution in [-0.4, -0.2) is 58.0 Å². The van der Waals surface area contributed by atoms with E-state index >= 15 is 0 Å². The third-order valence-electron chi connectivity index (χ3n) is 3.06. The van der Waals surface area contributed by atoms with Gasteiger partial charge in [0, 0.05) is 25.4 Å². The van der Waals surface area contributed by atoms with Gasteiger partial charge < -0.3 is 20.4 Å². The highest BCUT2D eigenvalue weighted by Crippen LogP contribution is 1.98. The van der Waals surface area contributed by atoms with E-state index in [1.54, 1.807) is 12.1 Å². The Hall–Kier alpha value is -1.30. The Balaban J connectivity index is 0.00000576. The summed E-state index contributed by atoms with van der Waals surface area (Å²) >= 11 is 0. The van der Waals surface area contributed by atoms with Gasteiger partial charge in [-0.15, -0.1) is 24.0 Å². The lowest BCUT2D eigenvalue weighted by molar-refractivity contribution is 0.0927. The summed E-state index contributed by atoms with van der Waals surface area (Å²) in [6.07, 6.45) is 3.16. The number of sulfone groups is 1. The van der Waals surface area contributed by atoms with Crippen molar-refractivity contribution in [1.29, 1.82) is 0 Å². The van der Waals surface area contributed by atoms with Crippen molar-refractivity contribution in [3.05, 3.63) is 24.2 Å². The second-order valence-corrected chi connectivity index (χ2v) is 7.72. The smallest absolute Gasteiger partial charge is 0.287 e. The first kappa shape index (κ1) is 23.7. The Morgan fingerprint density at radius 2 is 2.08 bits per heavy atom. The molecule has 10 heteroatoms. The van der Waals surface area contributed by atoms with Gasteiger partial charge in [0.05, 0.1) is 18.6 Å². The molecular weight excluding hydrogens is 459 g/mol. The zero-order valence-electron chi connectivity index (χ0n) is 14.7. The summed E-state index contributed by atoms with van der Waals surface area (Å²) in [6.45, 7) is 5.28. The molecule has 0 aliphatic rings. The molecule has 8 nitrogen and oxygen atoms in total. The highest BCUT2D eigenvalue weighted by Gasteiger charge is 2.10.